The van der Waals surface area contributed by atoms with Crippen molar-refractivity contribution < 1.29 is 4.42 Å². The Hall–Kier alpha value is -2.30. The topological polar surface area (TPSA) is 76.4 Å². The first-order chi connectivity index (χ1) is 9.81. The number of oxazole rings is 1. The zero-order valence-corrected chi connectivity index (χ0v) is 11.2. The smallest absolute Gasteiger partial charge is 0.226 e. The lowest BCUT2D eigenvalue weighted by molar-refractivity contribution is 0.572. The van der Waals surface area contributed by atoms with E-state index in [-0.39, 0.29) is 0 Å². The normalized spacial score (nSPS) is 15.3. The van der Waals surface area contributed by atoms with Crippen molar-refractivity contribution in [1.82, 2.24) is 10.3 Å². The van der Waals surface area contributed by atoms with Crippen LogP contribution in [0.15, 0.2) is 46.0 Å². The van der Waals surface area contributed by atoms with Gasteiger partial charge in [0.25, 0.3) is 0 Å². The number of nitrogens with two attached hydrogens (primary N) is 1. The zero-order valence-electron chi connectivity index (χ0n) is 11.2. The van der Waals surface area contributed by atoms with Crippen LogP contribution in [0.3, 0.4) is 0 Å². The van der Waals surface area contributed by atoms with E-state index in [1.165, 1.54) is 12.8 Å². The molecule has 2 aromatic rings. The Bertz CT molecular complexity index is 587. The number of benzene rings is 1. The summed E-state index contributed by atoms with van der Waals surface area (Å²) in [5.74, 6) is 1.17. The number of hydrogen-bond acceptors (Lipinski definition) is 3. The summed E-state index contributed by atoms with van der Waals surface area (Å²) >= 11 is 0. The highest BCUT2D eigenvalue weighted by Gasteiger charge is 2.21. The standard InChI is InChI=1S/C15H18N4O/c16-15(19-12-6-7-12)17-9-8-13-10-20-14(18-13)11-4-2-1-3-5-11/h1-5,10,12H,6-9H2,(H3,16,17,19). The van der Waals surface area contributed by atoms with E-state index < -0.39 is 0 Å². The molecule has 1 heterocycles. The fourth-order valence-corrected chi connectivity index (χ4v) is 1.91. The molecule has 20 heavy (non-hydrogen) atoms. The van der Waals surface area contributed by atoms with Crippen LogP contribution in [0.4, 0.5) is 0 Å². The van der Waals surface area contributed by atoms with Gasteiger partial charge in [-0.25, -0.2) is 4.98 Å². The number of hydrogen-bond donors (Lipinski definition) is 2. The van der Waals surface area contributed by atoms with Crippen molar-refractivity contribution in [1.29, 1.82) is 0 Å². The molecule has 1 aromatic carbocycles. The lowest BCUT2D eigenvalue weighted by Gasteiger charge is -2.01. The molecule has 0 atom stereocenters. The predicted molar refractivity (Wildman–Crippen MR) is 78.3 cm³/mol. The van der Waals surface area contributed by atoms with Gasteiger partial charge in [0.1, 0.15) is 6.26 Å². The molecular weight excluding hydrogens is 252 g/mol. The van der Waals surface area contributed by atoms with Crippen molar-refractivity contribution in [2.24, 2.45) is 10.7 Å². The van der Waals surface area contributed by atoms with E-state index in [4.69, 9.17) is 10.2 Å². The molecule has 0 aliphatic heterocycles. The van der Waals surface area contributed by atoms with Crippen LogP contribution in [0.5, 0.6) is 0 Å². The first-order valence-corrected chi connectivity index (χ1v) is 6.87. The van der Waals surface area contributed by atoms with Crippen molar-refractivity contribution in [3.63, 3.8) is 0 Å². The number of rotatable bonds is 5. The van der Waals surface area contributed by atoms with E-state index in [2.05, 4.69) is 15.3 Å². The Morgan fingerprint density at radius 2 is 2.15 bits per heavy atom. The van der Waals surface area contributed by atoms with Crippen LogP contribution in [0.1, 0.15) is 18.5 Å². The third-order valence-electron chi connectivity index (χ3n) is 3.15. The summed E-state index contributed by atoms with van der Waals surface area (Å²) in [7, 11) is 0. The Labute approximate surface area is 117 Å². The number of nitrogens with zero attached hydrogens (tertiary/aromatic N) is 2. The van der Waals surface area contributed by atoms with Crippen LogP contribution < -0.4 is 11.1 Å². The highest BCUT2D eigenvalue weighted by atomic mass is 16.3. The summed E-state index contributed by atoms with van der Waals surface area (Å²) in [5.41, 5.74) is 7.65. The van der Waals surface area contributed by atoms with Gasteiger partial charge in [0.2, 0.25) is 5.89 Å². The van der Waals surface area contributed by atoms with Crippen molar-refractivity contribution in [2.75, 3.05) is 6.54 Å². The fourth-order valence-electron chi connectivity index (χ4n) is 1.91. The van der Waals surface area contributed by atoms with E-state index in [0.717, 1.165) is 17.7 Å². The second-order valence-electron chi connectivity index (χ2n) is 4.95. The van der Waals surface area contributed by atoms with E-state index >= 15 is 0 Å². The zero-order chi connectivity index (χ0) is 13.8. The van der Waals surface area contributed by atoms with Gasteiger partial charge in [0.05, 0.1) is 5.69 Å². The molecule has 1 fully saturated rings. The van der Waals surface area contributed by atoms with Crippen LogP contribution in [-0.2, 0) is 6.42 Å². The lowest BCUT2D eigenvalue weighted by atomic mass is 10.2. The first-order valence-electron chi connectivity index (χ1n) is 6.87. The predicted octanol–water partition coefficient (Wildman–Crippen LogP) is 1.95. The number of aliphatic imine (C=N–C) groups is 1. The van der Waals surface area contributed by atoms with Gasteiger partial charge in [-0.3, -0.25) is 4.99 Å². The second-order valence-corrected chi connectivity index (χ2v) is 4.95. The van der Waals surface area contributed by atoms with Crippen LogP contribution in [-0.4, -0.2) is 23.5 Å². The molecule has 1 aromatic heterocycles. The molecule has 3 N–H and O–H groups in total. The summed E-state index contributed by atoms with van der Waals surface area (Å²) in [5, 5.41) is 3.16. The first kappa shape index (κ1) is 12.7. The van der Waals surface area contributed by atoms with Gasteiger partial charge >= 0.3 is 0 Å². The van der Waals surface area contributed by atoms with Gasteiger partial charge in [-0.1, -0.05) is 18.2 Å². The maximum atomic E-state index is 5.77. The molecule has 3 rings (SSSR count). The van der Waals surface area contributed by atoms with Crippen LogP contribution in [0.25, 0.3) is 11.5 Å². The summed E-state index contributed by atoms with van der Waals surface area (Å²) in [6.45, 7) is 0.617. The van der Waals surface area contributed by atoms with E-state index in [0.29, 0.717) is 24.4 Å². The molecule has 5 nitrogen and oxygen atoms in total. The van der Waals surface area contributed by atoms with Crippen molar-refractivity contribution in [2.45, 2.75) is 25.3 Å². The van der Waals surface area contributed by atoms with E-state index in [1.54, 1.807) is 6.26 Å². The third-order valence-corrected chi connectivity index (χ3v) is 3.15. The fraction of sp³-hybridized carbons (Fsp3) is 0.333. The van der Waals surface area contributed by atoms with Gasteiger partial charge in [-0.15, -0.1) is 0 Å². The molecule has 1 saturated carbocycles. The van der Waals surface area contributed by atoms with Gasteiger partial charge < -0.3 is 15.5 Å². The number of guanidine groups is 1. The van der Waals surface area contributed by atoms with Crippen LogP contribution in [0, 0.1) is 0 Å². The minimum atomic E-state index is 0.527. The molecule has 1 aliphatic rings. The Balaban J connectivity index is 1.54. The molecule has 1 aliphatic carbocycles. The molecule has 0 unspecified atom stereocenters. The van der Waals surface area contributed by atoms with Gasteiger partial charge in [0.15, 0.2) is 5.96 Å². The van der Waals surface area contributed by atoms with E-state index in [9.17, 15) is 0 Å². The van der Waals surface area contributed by atoms with Crippen LogP contribution in [0.2, 0.25) is 0 Å². The molecule has 0 radical (unpaired) electrons. The summed E-state index contributed by atoms with van der Waals surface area (Å²) in [6.07, 6.45) is 4.80. The summed E-state index contributed by atoms with van der Waals surface area (Å²) in [4.78, 5) is 8.74. The third kappa shape index (κ3) is 3.38. The van der Waals surface area contributed by atoms with Crippen molar-refractivity contribution in [3.05, 3.63) is 42.3 Å². The molecule has 0 amide bonds. The molecule has 0 bridgehead atoms. The molecule has 5 heteroatoms. The van der Waals surface area contributed by atoms with Gasteiger partial charge in [-0.05, 0) is 25.0 Å². The largest absolute Gasteiger partial charge is 0.444 e. The minimum absolute atomic E-state index is 0.527. The van der Waals surface area contributed by atoms with Crippen molar-refractivity contribution >= 4 is 5.96 Å². The molecule has 0 saturated heterocycles. The average Bonchev–Trinajstić information content (AvgIpc) is 3.15. The number of nitrogens with one attached hydrogen (secondary N) is 1. The SMILES string of the molecule is NC(=NCCc1coc(-c2ccccc2)n1)NC1CC1. The summed E-state index contributed by atoms with van der Waals surface area (Å²) < 4.78 is 5.48. The lowest BCUT2D eigenvalue weighted by Crippen LogP contribution is -2.33. The Kier molecular flexibility index (Phi) is 3.67. The Morgan fingerprint density at radius 3 is 2.90 bits per heavy atom. The highest BCUT2D eigenvalue weighted by Crippen LogP contribution is 2.19. The maximum absolute atomic E-state index is 5.77. The molecule has 0 spiro atoms. The average molecular weight is 270 g/mol. The molecular formula is C15H18N4O. The summed E-state index contributed by atoms with van der Waals surface area (Å²) in [6, 6.07) is 10.4. The monoisotopic (exact) mass is 270 g/mol. The van der Waals surface area contributed by atoms with Crippen molar-refractivity contribution in [3.8, 4) is 11.5 Å². The van der Waals surface area contributed by atoms with Crippen LogP contribution >= 0.6 is 0 Å². The highest BCUT2D eigenvalue weighted by molar-refractivity contribution is 5.78. The van der Waals surface area contributed by atoms with Gasteiger partial charge in [0, 0.05) is 24.6 Å². The minimum Gasteiger partial charge on any atom is -0.444 e. The number of aromatic nitrogens is 1. The van der Waals surface area contributed by atoms with E-state index in [1.807, 2.05) is 30.3 Å². The maximum Gasteiger partial charge on any atom is 0.226 e. The molecule has 104 valence electrons. The second kappa shape index (κ2) is 5.77. The van der Waals surface area contributed by atoms with Gasteiger partial charge in [-0.2, -0.15) is 0 Å². The quantitative estimate of drug-likeness (QED) is 0.643. The Morgan fingerprint density at radius 1 is 1.35 bits per heavy atom.